The number of carbonyl (C=O) groups is 2. The minimum atomic E-state index is -0.974. The molecule has 0 spiro atoms. The van der Waals surface area contributed by atoms with Crippen molar-refractivity contribution < 1.29 is 19.8 Å². The van der Waals surface area contributed by atoms with Crippen molar-refractivity contribution in [3.8, 4) is 5.75 Å². The molecule has 0 unspecified atom stereocenters. The third-order valence-electron chi connectivity index (χ3n) is 2.38. The van der Waals surface area contributed by atoms with Crippen molar-refractivity contribution in [1.82, 2.24) is 5.32 Å². The normalized spacial score (nSPS) is 10.2. The Labute approximate surface area is 138 Å². The van der Waals surface area contributed by atoms with E-state index in [1.165, 1.54) is 0 Å². The number of phenols is 1. The number of carboxylic acid groups (broad SMARTS) is 1. The summed E-state index contributed by atoms with van der Waals surface area (Å²) >= 11 is 4.11. The Morgan fingerprint density at radius 1 is 1.16 bits per heavy atom. The van der Waals surface area contributed by atoms with E-state index in [0.717, 1.165) is 12.7 Å². The van der Waals surface area contributed by atoms with Crippen molar-refractivity contribution >= 4 is 57.1 Å². The molecule has 3 N–H and O–H groups in total. The van der Waals surface area contributed by atoms with E-state index in [9.17, 15) is 14.7 Å². The number of rotatable bonds is 6. The molecule has 0 aliphatic rings. The van der Waals surface area contributed by atoms with Gasteiger partial charge in [-0.25, -0.2) is 0 Å². The van der Waals surface area contributed by atoms with Gasteiger partial charge in [-0.3, -0.25) is 9.59 Å². The molecule has 1 rings (SSSR count). The molecule has 0 heterocycles. The van der Waals surface area contributed by atoms with E-state index in [0.29, 0.717) is 13.0 Å². The van der Waals surface area contributed by atoms with Crippen molar-refractivity contribution in [3.05, 3.63) is 24.8 Å². The van der Waals surface area contributed by atoms with E-state index in [1.807, 2.05) is 12.1 Å². The predicted octanol–water partition coefficient (Wildman–Crippen LogP) is 2.12. The lowest BCUT2D eigenvalue weighted by Gasteiger charge is -2.07. The molecular weight excluding hydrogens is 476 g/mol. The smallest absolute Gasteiger partial charge is 0.303 e. The molecule has 19 heavy (non-hydrogen) atoms. The number of carbonyl (C=O) groups excluding carboxylic acids is 1. The van der Waals surface area contributed by atoms with Crippen molar-refractivity contribution in [3.63, 3.8) is 0 Å². The first kappa shape index (κ1) is 16.5. The zero-order valence-corrected chi connectivity index (χ0v) is 14.3. The summed E-state index contributed by atoms with van der Waals surface area (Å²) < 4.78 is 1.55. The van der Waals surface area contributed by atoms with E-state index in [4.69, 9.17) is 5.11 Å². The number of hydrogen-bond acceptors (Lipinski definition) is 3. The van der Waals surface area contributed by atoms with Crippen molar-refractivity contribution in [2.45, 2.75) is 19.3 Å². The zero-order chi connectivity index (χ0) is 14.4. The number of carboxylic acids is 1. The highest BCUT2D eigenvalue weighted by Crippen LogP contribution is 2.27. The van der Waals surface area contributed by atoms with Gasteiger partial charge >= 0.3 is 5.97 Å². The predicted molar refractivity (Wildman–Crippen MR) is 87.1 cm³/mol. The Morgan fingerprint density at radius 3 is 2.26 bits per heavy atom. The largest absolute Gasteiger partial charge is 0.506 e. The number of phenolic OH excluding ortho intramolecular Hbond substituents is 1. The van der Waals surface area contributed by atoms with Crippen molar-refractivity contribution in [2.24, 2.45) is 0 Å². The molecule has 0 aliphatic heterocycles. The van der Waals surface area contributed by atoms with Gasteiger partial charge in [-0.05, 0) is 69.3 Å². The van der Waals surface area contributed by atoms with Gasteiger partial charge in [0.15, 0.2) is 0 Å². The van der Waals surface area contributed by atoms with E-state index in [2.05, 4.69) is 50.5 Å². The summed E-state index contributed by atoms with van der Waals surface area (Å²) in [5.41, 5.74) is 1.02. The minimum absolute atomic E-state index is 0.0000198. The van der Waals surface area contributed by atoms with E-state index >= 15 is 0 Å². The summed E-state index contributed by atoms with van der Waals surface area (Å²) in [6, 6.07) is 3.73. The van der Waals surface area contributed by atoms with Crippen LogP contribution in [0.2, 0.25) is 0 Å². The van der Waals surface area contributed by atoms with Crippen LogP contribution in [-0.2, 0) is 16.0 Å². The summed E-state index contributed by atoms with van der Waals surface area (Å²) in [5.74, 6) is -0.959. The average Bonchev–Trinajstić information content (AvgIpc) is 2.33. The fraction of sp³-hybridized carbons (Fsp3) is 0.333. The van der Waals surface area contributed by atoms with E-state index < -0.39 is 5.97 Å². The SMILES string of the molecule is O=C(O)CCC(=O)NCCc1cc(I)c(O)c(I)c1. The number of benzene rings is 1. The average molecular weight is 489 g/mol. The first-order chi connectivity index (χ1) is 8.90. The van der Waals surface area contributed by atoms with Gasteiger partial charge < -0.3 is 15.5 Å². The molecule has 1 amide bonds. The van der Waals surface area contributed by atoms with Crippen LogP contribution >= 0.6 is 45.2 Å². The van der Waals surface area contributed by atoms with Crippen LogP contribution in [-0.4, -0.2) is 28.6 Å². The second-order valence-electron chi connectivity index (χ2n) is 3.90. The van der Waals surface area contributed by atoms with E-state index in [-0.39, 0.29) is 24.5 Å². The quantitative estimate of drug-likeness (QED) is 0.535. The maximum atomic E-state index is 11.3. The monoisotopic (exact) mass is 489 g/mol. The van der Waals surface area contributed by atoms with Gasteiger partial charge in [0, 0.05) is 13.0 Å². The Morgan fingerprint density at radius 2 is 1.74 bits per heavy atom. The zero-order valence-electron chi connectivity index (χ0n) is 9.95. The van der Waals surface area contributed by atoms with Gasteiger partial charge in [0.05, 0.1) is 13.6 Å². The summed E-state index contributed by atoms with van der Waals surface area (Å²) in [4.78, 5) is 21.6. The van der Waals surface area contributed by atoms with Gasteiger partial charge in [-0.15, -0.1) is 0 Å². The van der Waals surface area contributed by atoms with Crippen molar-refractivity contribution in [2.75, 3.05) is 6.54 Å². The highest BCUT2D eigenvalue weighted by molar-refractivity contribution is 14.1. The van der Waals surface area contributed by atoms with Crippen LogP contribution in [0.5, 0.6) is 5.75 Å². The summed E-state index contributed by atoms with van der Waals surface area (Å²) in [6.45, 7) is 0.454. The van der Waals surface area contributed by atoms with Gasteiger partial charge in [-0.2, -0.15) is 0 Å². The fourth-order valence-corrected chi connectivity index (χ4v) is 3.31. The molecule has 0 bridgehead atoms. The second-order valence-corrected chi connectivity index (χ2v) is 6.23. The van der Waals surface area contributed by atoms with Crippen LogP contribution in [0.3, 0.4) is 0 Å². The first-order valence-electron chi connectivity index (χ1n) is 5.55. The number of aromatic hydroxyl groups is 1. The molecule has 0 atom stereocenters. The highest BCUT2D eigenvalue weighted by Gasteiger charge is 2.07. The molecule has 0 aromatic heterocycles. The Balaban J connectivity index is 2.41. The van der Waals surface area contributed by atoms with Crippen LogP contribution in [0.25, 0.3) is 0 Å². The van der Waals surface area contributed by atoms with Gasteiger partial charge in [-0.1, -0.05) is 0 Å². The molecular formula is C12H13I2NO4. The number of nitrogens with one attached hydrogen (secondary N) is 1. The van der Waals surface area contributed by atoms with Crippen LogP contribution in [0.4, 0.5) is 0 Å². The highest BCUT2D eigenvalue weighted by atomic mass is 127. The molecule has 1 aromatic carbocycles. The Hall–Kier alpha value is -0.580. The Bertz CT molecular complexity index is 468. The van der Waals surface area contributed by atoms with Gasteiger partial charge in [0.25, 0.3) is 0 Å². The number of amides is 1. The topological polar surface area (TPSA) is 86.6 Å². The van der Waals surface area contributed by atoms with Crippen LogP contribution in [0, 0.1) is 7.14 Å². The summed E-state index contributed by atoms with van der Waals surface area (Å²) in [7, 11) is 0. The van der Waals surface area contributed by atoms with Crippen molar-refractivity contribution in [1.29, 1.82) is 0 Å². The fourth-order valence-electron chi connectivity index (χ4n) is 1.42. The lowest BCUT2D eigenvalue weighted by Crippen LogP contribution is -2.26. The molecule has 5 nitrogen and oxygen atoms in total. The Kier molecular flexibility index (Phi) is 6.83. The van der Waals surface area contributed by atoms with Crippen LogP contribution < -0.4 is 5.32 Å². The number of halogens is 2. The molecule has 0 radical (unpaired) electrons. The molecule has 0 saturated heterocycles. The molecule has 0 aliphatic carbocycles. The molecule has 0 saturated carbocycles. The second kappa shape index (κ2) is 7.88. The first-order valence-corrected chi connectivity index (χ1v) is 7.71. The number of hydrogen-bond donors (Lipinski definition) is 3. The van der Waals surface area contributed by atoms with Gasteiger partial charge in [0.1, 0.15) is 5.75 Å². The number of aliphatic carboxylic acids is 1. The van der Waals surface area contributed by atoms with E-state index in [1.54, 1.807) is 0 Å². The molecule has 104 valence electrons. The maximum absolute atomic E-state index is 11.3. The minimum Gasteiger partial charge on any atom is -0.506 e. The van der Waals surface area contributed by atoms with Crippen LogP contribution in [0.15, 0.2) is 12.1 Å². The standard InChI is InChI=1S/C12H13I2NO4/c13-8-5-7(6-9(14)12(8)19)3-4-15-10(16)1-2-11(17)18/h5-6,19H,1-4H2,(H,15,16)(H,17,18). The lowest BCUT2D eigenvalue weighted by molar-refractivity contribution is -0.138. The van der Waals surface area contributed by atoms with Crippen LogP contribution in [0.1, 0.15) is 18.4 Å². The van der Waals surface area contributed by atoms with Gasteiger partial charge in [0.2, 0.25) is 5.91 Å². The third-order valence-corrected chi connectivity index (χ3v) is 4.02. The third kappa shape index (κ3) is 5.93. The summed E-state index contributed by atoms with van der Waals surface area (Å²) in [6.07, 6.45) is 0.492. The lowest BCUT2D eigenvalue weighted by atomic mass is 10.1. The summed E-state index contributed by atoms with van der Waals surface area (Å²) in [5, 5.41) is 20.7. The maximum Gasteiger partial charge on any atom is 0.303 e. The molecule has 0 fully saturated rings. The molecule has 1 aromatic rings. The molecule has 7 heteroatoms.